The highest BCUT2D eigenvalue weighted by Gasteiger charge is 2.11. The van der Waals surface area contributed by atoms with Crippen molar-refractivity contribution in [3.63, 3.8) is 0 Å². The molecule has 1 aromatic rings. The lowest BCUT2D eigenvalue weighted by atomic mass is 10.0. The summed E-state index contributed by atoms with van der Waals surface area (Å²) in [7, 11) is 0. The zero-order valence-corrected chi connectivity index (χ0v) is 19.9. The Morgan fingerprint density at radius 3 is 1.32 bits per heavy atom. The van der Waals surface area contributed by atoms with Crippen LogP contribution in [-0.4, -0.2) is 22.3 Å². The molecule has 3 heteroatoms. The fourth-order valence-electron chi connectivity index (χ4n) is 4.26. The molecule has 0 fully saturated rings. The average molecular weight is 433 g/mol. The molecule has 178 valence electrons. The van der Waals surface area contributed by atoms with Crippen molar-refractivity contribution in [2.75, 3.05) is 0 Å². The lowest BCUT2D eigenvalue weighted by Crippen LogP contribution is -2.18. The van der Waals surface area contributed by atoms with Gasteiger partial charge in [-0.1, -0.05) is 139 Å². The van der Waals surface area contributed by atoms with Crippen LogP contribution in [0.2, 0.25) is 0 Å². The Balaban J connectivity index is 1.69. The molecule has 1 unspecified atom stereocenters. The number of aliphatic hydroxyl groups excluding tert-OH is 1. The molecule has 3 nitrogen and oxygen atoms in total. The van der Waals surface area contributed by atoms with E-state index in [1.807, 2.05) is 0 Å². The first kappa shape index (κ1) is 27.7. The van der Waals surface area contributed by atoms with Gasteiger partial charge in [-0.05, 0) is 24.8 Å². The van der Waals surface area contributed by atoms with Gasteiger partial charge in [0, 0.05) is 0 Å². The van der Waals surface area contributed by atoms with E-state index in [4.69, 9.17) is 5.11 Å². The van der Waals surface area contributed by atoms with E-state index in [1.54, 1.807) is 0 Å². The molecule has 0 heterocycles. The summed E-state index contributed by atoms with van der Waals surface area (Å²) in [6.45, 7) is 0. The Bertz CT molecular complexity index is 514. The lowest BCUT2D eigenvalue weighted by molar-refractivity contribution is -0.146. The lowest BCUT2D eigenvalue weighted by Gasteiger charge is -2.05. The van der Waals surface area contributed by atoms with E-state index in [-0.39, 0.29) is 0 Å². The van der Waals surface area contributed by atoms with Crippen LogP contribution in [0.3, 0.4) is 0 Å². The molecule has 0 aliphatic heterocycles. The molecule has 0 saturated carbocycles. The van der Waals surface area contributed by atoms with Crippen molar-refractivity contribution in [3.8, 4) is 0 Å². The highest BCUT2D eigenvalue weighted by Crippen LogP contribution is 2.15. The number of unbranched alkanes of at least 4 members (excludes halogenated alkanes) is 17. The number of carboxylic acid groups (broad SMARTS) is 1. The molecule has 0 saturated heterocycles. The van der Waals surface area contributed by atoms with Crippen LogP contribution in [0.15, 0.2) is 30.3 Å². The van der Waals surface area contributed by atoms with Crippen LogP contribution in [0.1, 0.15) is 128 Å². The van der Waals surface area contributed by atoms with Gasteiger partial charge in [0.2, 0.25) is 0 Å². The van der Waals surface area contributed by atoms with Gasteiger partial charge in [-0.2, -0.15) is 0 Å². The average Bonchev–Trinajstić information content (AvgIpc) is 2.78. The molecule has 31 heavy (non-hydrogen) atoms. The summed E-state index contributed by atoms with van der Waals surface area (Å²) in [5, 5.41) is 17.8. The second-order valence-corrected chi connectivity index (χ2v) is 9.24. The van der Waals surface area contributed by atoms with Gasteiger partial charge in [0.1, 0.15) is 0 Å². The monoisotopic (exact) mass is 432 g/mol. The van der Waals surface area contributed by atoms with Crippen molar-refractivity contribution in [3.05, 3.63) is 35.9 Å². The van der Waals surface area contributed by atoms with E-state index in [1.165, 1.54) is 115 Å². The Hall–Kier alpha value is -1.35. The third-order valence-corrected chi connectivity index (χ3v) is 6.32. The summed E-state index contributed by atoms with van der Waals surface area (Å²) in [5.74, 6) is -1.09. The Labute approximate surface area is 191 Å². The highest BCUT2D eigenvalue weighted by molar-refractivity contribution is 5.71. The fraction of sp³-hybridized carbons (Fsp3) is 0.750. The number of aliphatic carboxylic acids is 1. The number of benzene rings is 1. The second-order valence-electron chi connectivity index (χ2n) is 9.24. The van der Waals surface area contributed by atoms with Gasteiger partial charge >= 0.3 is 5.97 Å². The summed E-state index contributed by atoms with van der Waals surface area (Å²) in [6, 6.07) is 10.9. The molecular formula is C28H48O3. The first-order valence-corrected chi connectivity index (χ1v) is 13.1. The molecule has 0 aliphatic rings. The molecule has 0 spiro atoms. The van der Waals surface area contributed by atoms with Crippen molar-refractivity contribution < 1.29 is 15.0 Å². The number of aryl methyl sites for hydroxylation is 1. The van der Waals surface area contributed by atoms with Crippen LogP contribution in [0.5, 0.6) is 0 Å². The molecule has 2 N–H and O–H groups in total. The minimum absolute atomic E-state index is 0.393. The number of carbonyl (C=O) groups is 1. The number of hydrogen-bond donors (Lipinski definition) is 2. The molecule has 0 bridgehead atoms. The number of carboxylic acids is 1. The molecule has 0 aliphatic carbocycles. The van der Waals surface area contributed by atoms with Gasteiger partial charge < -0.3 is 10.2 Å². The first-order chi connectivity index (χ1) is 15.2. The maximum absolute atomic E-state index is 10.5. The van der Waals surface area contributed by atoms with E-state index in [0.29, 0.717) is 6.42 Å². The maximum Gasteiger partial charge on any atom is 0.332 e. The summed E-state index contributed by atoms with van der Waals surface area (Å²) < 4.78 is 0. The molecule has 0 aromatic heterocycles. The Morgan fingerprint density at radius 1 is 0.581 bits per heavy atom. The smallest absolute Gasteiger partial charge is 0.332 e. The van der Waals surface area contributed by atoms with E-state index in [2.05, 4.69) is 30.3 Å². The largest absolute Gasteiger partial charge is 0.479 e. The fourth-order valence-corrected chi connectivity index (χ4v) is 4.26. The van der Waals surface area contributed by atoms with Crippen molar-refractivity contribution in [2.45, 2.75) is 135 Å². The standard InChI is InChI=1S/C28H48O3/c29-27(28(30)31)25-21-16-14-12-10-8-6-4-2-1-3-5-7-9-11-13-15-18-22-26-23-19-17-20-24-26/h17,19-20,23-24,27,29H,1-16,18,21-22,25H2,(H,30,31). The summed E-state index contributed by atoms with van der Waals surface area (Å²) in [4.78, 5) is 10.5. The molecule has 1 aromatic carbocycles. The van der Waals surface area contributed by atoms with Crippen LogP contribution in [0.4, 0.5) is 0 Å². The van der Waals surface area contributed by atoms with Crippen LogP contribution < -0.4 is 0 Å². The van der Waals surface area contributed by atoms with Gasteiger partial charge in [0.25, 0.3) is 0 Å². The first-order valence-electron chi connectivity index (χ1n) is 13.1. The third kappa shape index (κ3) is 18.0. The molecule has 0 radical (unpaired) electrons. The van der Waals surface area contributed by atoms with Gasteiger partial charge in [0.15, 0.2) is 6.10 Å². The SMILES string of the molecule is O=C(O)C(O)CCCCCCCCCCCCCCCCCCCCc1ccccc1. The van der Waals surface area contributed by atoms with Crippen molar-refractivity contribution in [1.29, 1.82) is 0 Å². The Kier molecular flexibility index (Phi) is 18.3. The van der Waals surface area contributed by atoms with Gasteiger partial charge in [-0.15, -0.1) is 0 Å². The maximum atomic E-state index is 10.5. The molecule has 1 atom stereocenters. The van der Waals surface area contributed by atoms with Crippen LogP contribution in [0, 0.1) is 0 Å². The normalized spacial score (nSPS) is 12.2. The summed E-state index contributed by atoms with van der Waals surface area (Å²) >= 11 is 0. The van der Waals surface area contributed by atoms with Crippen molar-refractivity contribution in [2.24, 2.45) is 0 Å². The van der Waals surface area contributed by atoms with Crippen LogP contribution in [-0.2, 0) is 11.2 Å². The Morgan fingerprint density at radius 2 is 0.935 bits per heavy atom. The zero-order chi connectivity index (χ0) is 22.4. The van der Waals surface area contributed by atoms with E-state index in [9.17, 15) is 9.90 Å². The molecule has 0 amide bonds. The van der Waals surface area contributed by atoms with E-state index < -0.39 is 12.1 Å². The van der Waals surface area contributed by atoms with Gasteiger partial charge in [-0.25, -0.2) is 4.79 Å². The predicted molar refractivity (Wildman–Crippen MR) is 132 cm³/mol. The number of rotatable bonds is 22. The van der Waals surface area contributed by atoms with Crippen molar-refractivity contribution >= 4 is 5.97 Å². The third-order valence-electron chi connectivity index (χ3n) is 6.32. The zero-order valence-electron chi connectivity index (χ0n) is 19.9. The van der Waals surface area contributed by atoms with E-state index in [0.717, 1.165) is 12.8 Å². The van der Waals surface area contributed by atoms with Gasteiger partial charge in [-0.3, -0.25) is 0 Å². The highest BCUT2D eigenvalue weighted by atomic mass is 16.4. The summed E-state index contributed by atoms with van der Waals surface area (Å²) in [5.41, 5.74) is 1.48. The van der Waals surface area contributed by atoms with Gasteiger partial charge in [0.05, 0.1) is 0 Å². The minimum atomic E-state index is -1.17. The number of aliphatic hydroxyl groups is 1. The predicted octanol–water partition coefficient (Wildman–Crippen LogP) is 8.09. The summed E-state index contributed by atoms with van der Waals surface area (Å²) in [6.07, 6.45) is 24.1. The molecular weight excluding hydrogens is 384 g/mol. The van der Waals surface area contributed by atoms with Crippen LogP contribution >= 0.6 is 0 Å². The van der Waals surface area contributed by atoms with Crippen LogP contribution in [0.25, 0.3) is 0 Å². The molecule has 1 rings (SSSR count). The van der Waals surface area contributed by atoms with Crippen molar-refractivity contribution in [1.82, 2.24) is 0 Å². The number of hydrogen-bond acceptors (Lipinski definition) is 2. The minimum Gasteiger partial charge on any atom is -0.479 e. The van der Waals surface area contributed by atoms with E-state index >= 15 is 0 Å². The quantitative estimate of drug-likeness (QED) is 0.182. The second kappa shape index (κ2) is 20.5. The topological polar surface area (TPSA) is 57.5 Å².